The van der Waals surface area contributed by atoms with E-state index in [9.17, 15) is 43.5 Å². The zero-order valence-electron chi connectivity index (χ0n) is 35.2. The highest BCUT2D eigenvalue weighted by molar-refractivity contribution is 5.91. The molecule has 4 bridgehead atoms. The third kappa shape index (κ3) is 7.32. The number of Topliss-reactive ketones (excluding diaryl/α,β-unsaturated/α-hetero) is 1. The van der Waals surface area contributed by atoms with Gasteiger partial charge >= 0.3 is 41.8 Å². The van der Waals surface area contributed by atoms with Crippen molar-refractivity contribution >= 4 is 47.6 Å². The molecule has 0 radical (unpaired) electrons. The maximum absolute atomic E-state index is 14.5. The molecule has 1 saturated heterocycles. The van der Waals surface area contributed by atoms with Gasteiger partial charge in [0.05, 0.1) is 34.1 Å². The van der Waals surface area contributed by atoms with Crippen LogP contribution in [0, 0.1) is 17.3 Å². The average molecular weight is 852 g/mol. The van der Waals surface area contributed by atoms with Gasteiger partial charge in [-0.3, -0.25) is 29.0 Å². The predicted octanol–water partition coefficient (Wildman–Crippen LogP) is 2.74. The number of esters is 7. The minimum absolute atomic E-state index is 0.0379. The topological polar surface area (TPSA) is 244 Å². The number of hydrogen-bond acceptors (Lipinski definition) is 18. The van der Waals surface area contributed by atoms with Gasteiger partial charge in [0.25, 0.3) is 0 Å². The van der Waals surface area contributed by atoms with Crippen molar-refractivity contribution in [2.75, 3.05) is 6.61 Å². The molecule has 18 nitrogen and oxygen atoms in total. The Labute approximate surface area is 350 Å². The van der Waals surface area contributed by atoms with Gasteiger partial charge in [-0.15, -0.1) is 0 Å². The van der Waals surface area contributed by atoms with E-state index >= 15 is 0 Å². The molecule has 13 atom stereocenters. The second-order valence-corrected chi connectivity index (χ2v) is 16.6. The lowest BCUT2D eigenvalue weighted by Gasteiger charge is -2.68. The summed E-state index contributed by atoms with van der Waals surface area (Å²) in [4.78, 5) is 115. The van der Waals surface area contributed by atoms with Gasteiger partial charge in [0.2, 0.25) is 0 Å². The smallest absolute Gasteiger partial charge is 0.340 e. The summed E-state index contributed by atoms with van der Waals surface area (Å²) in [6.45, 7) is 10.0. The number of hydrogen-bond donors (Lipinski definition) is 1. The Morgan fingerprint density at radius 2 is 1.33 bits per heavy atom. The molecule has 18 heteroatoms. The van der Waals surface area contributed by atoms with E-state index in [1.807, 2.05) is 0 Å². The summed E-state index contributed by atoms with van der Waals surface area (Å²) in [5, 5.41) is 13.6. The van der Waals surface area contributed by atoms with Gasteiger partial charge in [0.1, 0.15) is 35.8 Å². The molecule has 1 aromatic heterocycles. The first kappa shape index (κ1) is 44.8. The van der Waals surface area contributed by atoms with E-state index in [1.165, 1.54) is 56.4 Å². The van der Waals surface area contributed by atoms with Gasteiger partial charge < -0.3 is 47.8 Å². The quantitative estimate of drug-likeness (QED) is 0.296. The van der Waals surface area contributed by atoms with E-state index in [4.69, 9.17) is 37.9 Å². The third-order valence-electron chi connectivity index (χ3n) is 12.4. The lowest BCUT2D eigenvalue weighted by molar-refractivity contribution is -0.380. The predicted molar refractivity (Wildman–Crippen MR) is 204 cm³/mol. The lowest BCUT2D eigenvalue weighted by atomic mass is 9.43. The normalized spacial score (nSPS) is 36.5. The number of aliphatic hydroxyl groups is 1. The first-order valence-corrected chi connectivity index (χ1v) is 19.7. The zero-order valence-corrected chi connectivity index (χ0v) is 35.2. The van der Waals surface area contributed by atoms with Crippen LogP contribution in [0.5, 0.6) is 0 Å². The molecule has 2 aliphatic carbocycles. The van der Waals surface area contributed by atoms with E-state index in [1.54, 1.807) is 13.0 Å². The number of carbonyl (C=O) groups is 8. The lowest BCUT2D eigenvalue weighted by Crippen LogP contribution is -2.88. The zero-order chi connectivity index (χ0) is 45.0. The SMILES string of the molecule is CC(=O)CC12C(OC(C)=O)C(OC(C)=O)C3C(OC(C)=O)C14OC3(C)COC(=O)c1cccnc1C(C)C(C)C(=O)OC(C(OC(C)=O)C2OC(=O)c1ccccc1)C4(C)O. The molecule has 328 valence electrons. The van der Waals surface area contributed by atoms with Crippen molar-refractivity contribution in [3.05, 3.63) is 65.5 Å². The molecule has 3 fully saturated rings. The van der Waals surface area contributed by atoms with E-state index < -0.39 is 137 Å². The Kier molecular flexibility index (Phi) is 11.9. The van der Waals surface area contributed by atoms with Crippen LogP contribution in [0.4, 0.5) is 0 Å². The summed E-state index contributed by atoms with van der Waals surface area (Å²) < 4.78 is 49.8. The first-order valence-electron chi connectivity index (χ1n) is 19.7. The molecule has 61 heavy (non-hydrogen) atoms. The number of ether oxygens (including phenoxy) is 8. The summed E-state index contributed by atoms with van der Waals surface area (Å²) in [5.41, 5.74) is -10.2. The van der Waals surface area contributed by atoms with Crippen LogP contribution < -0.4 is 0 Å². The van der Waals surface area contributed by atoms with Crippen LogP contribution in [0.2, 0.25) is 0 Å². The fraction of sp³-hybridized carbons (Fsp3) is 0.558. The third-order valence-corrected chi connectivity index (χ3v) is 12.4. The first-order chi connectivity index (χ1) is 28.5. The minimum Gasteiger partial charge on any atom is -0.459 e. The fourth-order valence-electron chi connectivity index (χ4n) is 10.1. The number of ketones is 1. The number of cyclic esters (lactones) is 1. The van der Waals surface area contributed by atoms with Gasteiger partial charge in [0, 0.05) is 46.2 Å². The standard InChI is InChI=1S/C43H49NO17/c1-20(45)18-42-35(58-26(7)49)31(55-23(4)46)29-33(57-25(6)48)43(42)41(9,53)34(32(56-24(5)47)36(42)60-38(51)27-14-11-10-12-15-27)59-37(50)22(3)21(2)30-28(16-13-17-44-30)39(52)54-19-40(29,8)61-43/h10-17,21-22,29,31-36,53H,18-19H2,1-9H3. The molecule has 6 rings (SSSR count). The molecule has 13 unspecified atom stereocenters. The molecule has 4 aliphatic rings. The summed E-state index contributed by atoms with van der Waals surface area (Å²) in [6, 6.07) is 10.4. The molecule has 2 aliphatic heterocycles. The number of nitrogens with zero attached hydrogens (tertiary/aromatic N) is 1. The number of benzene rings is 1. The summed E-state index contributed by atoms with van der Waals surface area (Å²) in [5.74, 6) is -11.4. The molecule has 2 aromatic rings. The van der Waals surface area contributed by atoms with Crippen LogP contribution in [0.3, 0.4) is 0 Å². The second kappa shape index (κ2) is 16.3. The minimum atomic E-state index is -2.82. The Balaban J connectivity index is 1.81. The van der Waals surface area contributed by atoms with Crippen molar-refractivity contribution in [3.63, 3.8) is 0 Å². The van der Waals surface area contributed by atoms with E-state index in [0.29, 0.717) is 0 Å². The van der Waals surface area contributed by atoms with Crippen LogP contribution in [-0.2, 0) is 66.7 Å². The van der Waals surface area contributed by atoms with Crippen LogP contribution in [-0.4, -0.2) is 118 Å². The van der Waals surface area contributed by atoms with Crippen molar-refractivity contribution in [2.24, 2.45) is 17.3 Å². The summed E-state index contributed by atoms with van der Waals surface area (Å²) >= 11 is 0. The number of carbonyl (C=O) groups excluding carboxylic acids is 8. The van der Waals surface area contributed by atoms with Crippen LogP contribution >= 0.6 is 0 Å². The van der Waals surface area contributed by atoms with Crippen molar-refractivity contribution in [2.45, 2.75) is 128 Å². The molecule has 1 aromatic carbocycles. The van der Waals surface area contributed by atoms with Gasteiger partial charge in [-0.05, 0) is 45.0 Å². The number of aromatic nitrogens is 1. The highest BCUT2D eigenvalue weighted by Gasteiger charge is 2.91. The molecular formula is C43H49NO17. The number of rotatable bonds is 8. The van der Waals surface area contributed by atoms with E-state index in [-0.39, 0.29) is 16.8 Å². The Bertz CT molecular complexity index is 2140. The highest BCUT2D eigenvalue weighted by Crippen LogP contribution is 2.71. The molecular weight excluding hydrogens is 802 g/mol. The maximum Gasteiger partial charge on any atom is 0.340 e. The summed E-state index contributed by atoms with van der Waals surface area (Å²) in [6.07, 6.45) is -11.5. The largest absolute Gasteiger partial charge is 0.459 e. The molecule has 1 spiro atoms. The molecule has 1 N–H and O–H groups in total. The fourth-order valence-corrected chi connectivity index (χ4v) is 10.1. The maximum atomic E-state index is 14.5. The Morgan fingerprint density at radius 3 is 1.92 bits per heavy atom. The van der Waals surface area contributed by atoms with Crippen molar-refractivity contribution in [1.82, 2.24) is 4.98 Å². The number of pyridine rings is 1. The number of fused-ring (bicyclic) bond motifs is 5. The Hall–Kier alpha value is -5.75. The van der Waals surface area contributed by atoms with Gasteiger partial charge in [-0.25, -0.2) is 9.59 Å². The van der Waals surface area contributed by atoms with Crippen molar-refractivity contribution in [3.8, 4) is 0 Å². The van der Waals surface area contributed by atoms with Gasteiger partial charge in [-0.2, -0.15) is 0 Å². The molecule has 0 amide bonds. The van der Waals surface area contributed by atoms with Crippen LogP contribution in [0.25, 0.3) is 0 Å². The van der Waals surface area contributed by atoms with Gasteiger partial charge in [0.15, 0.2) is 30.0 Å². The van der Waals surface area contributed by atoms with Crippen molar-refractivity contribution in [1.29, 1.82) is 0 Å². The second-order valence-electron chi connectivity index (χ2n) is 16.6. The van der Waals surface area contributed by atoms with Crippen molar-refractivity contribution < 1.29 is 81.4 Å². The monoisotopic (exact) mass is 851 g/mol. The Morgan fingerprint density at radius 1 is 0.754 bits per heavy atom. The van der Waals surface area contributed by atoms with Gasteiger partial charge in [-0.1, -0.05) is 32.0 Å². The van der Waals surface area contributed by atoms with Crippen LogP contribution in [0.1, 0.15) is 101 Å². The summed E-state index contributed by atoms with van der Waals surface area (Å²) in [7, 11) is 0. The highest BCUT2D eigenvalue weighted by atomic mass is 16.7. The average Bonchev–Trinajstić information content (AvgIpc) is 3.40. The van der Waals surface area contributed by atoms with E-state index in [2.05, 4.69) is 4.98 Å². The molecule has 2 saturated carbocycles. The van der Waals surface area contributed by atoms with E-state index in [0.717, 1.165) is 41.5 Å². The molecule has 3 heterocycles. The van der Waals surface area contributed by atoms with Crippen LogP contribution in [0.15, 0.2) is 48.7 Å².